The molecule has 68 valence electrons. The SMILES string of the molecule is CC(CC(=O)O)c1cscn1.Cl. The number of thiazole rings is 1. The van der Waals surface area contributed by atoms with Gasteiger partial charge in [0, 0.05) is 11.3 Å². The molecule has 0 bridgehead atoms. The van der Waals surface area contributed by atoms with Crippen LogP contribution in [0.4, 0.5) is 0 Å². The van der Waals surface area contributed by atoms with E-state index in [-0.39, 0.29) is 24.7 Å². The van der Waals surface area contributed by atoms with Crippen molar-refractivity contribution in [2.75, 3.05) is 0 Å². The maximum Gasteiger partial charge on any atom is 0.304 e. The van der Waals surface area contributed by atoms with Gasteiger partial charge in [-0.25, -0.2) is 4.98 Å². The summed E-state index contributed by atoms with van der Waals surface area (Å²) in [7, 11) is 0. The van der Waals surface area contributed by atoms with Crippen LogP contribution in [0.2, 0.25) is 0 Å². The van der Waals surface area contributed by atoms with E-state index in [4.69, 9.17) is 5.11 Å². The van der Waals surface area contributed by atoms with Gasteiger partial charge in [0.15, 0.2) is 0 Å². The minimum Gasteiger partial charge on any atom is -0.481 e. The lowest BCUT2D eigenvalue weighted by atomic mass is 10.1. The molecule has 5 heteroatoms. The molecule has 0 saturated carbocycles. The maximum atomic E-state index is 10.3. The van der Waals surface area contributed by atoms with Gasteiger partial charge < -0.3 is 5.11 Å². The molecule has 1 atom stereocenters. The Bertz CT molecular complexity index is 238. The first kappa shape index (κ1) is 11.4. The normalized spacial score (nSPS) is 11.8. The lowest BCUT2D eigenvalue weighted by Crippen LogP contribution is -2.02. The van der Waals surface area contributed by atoms with Crippen LogP contribution in [0.3, 0.4) is 0 Å². The Kier molecular flexibility index (Phi) is 4.85. The van der Waals surface area contributed by atoms with Crippen molar-refractivity contribution in [3.8, 4) is 0 Å². The summed E-state index contributed by atoms with van der Waals surface area (Å²) in [5, 5.41) is 10.3. The predicted octanol–water partition coefficient (Wildman–Crippen LogP) is 2.14. The second-order valence-electron chi connectivity index (χ2n) is 2.41. The number of nitrogens with zero attached hydrogens (tertiary/aromatic N) is 1. The Balaban J connectivity index is 0.00000121. The van der Waals surface area contributed by atoms with Crippen molar-refractivity contribution in [1.29, 1.82) is 0 Å². The van der Waals surface area contributed by atoms with E-state index in [0.29, 0.717) is 0 Å². The summed E-state index contributed by atoms with van der Waals surface area (Å²) >= 11 is 1.49. The molecule has 0 aliphatic carbocycles. The minimum absolute atomic E-state index is 0. The average Bonchev–Trinajstić information content (AvgIpc) is 2.35. The minimum atomic E-state index is -0.773. The van der Waals surface area contributed by atoms with Gasteiger partial charge in [-0.05, 0) is 0 Å². The summed E-state index contributed by atoms with van der Waals surface area (Å²) < 4.78 is 0. The third-order valence-corrected chi connectivity index (χ3v) is 2.04. The highest BCUT2D eigenvalue weighted by Crippen LogP contribution is 2.17. The molecule has 1 rings (SSSR count). The highest BCUT2D eigenvalue weighted by molar-refractivity contribution is 7.07. The highest BCUT2D eigenvalue weighted by Gasteiger charge is 2.10. The molecule has 0 spiro atoms. The molecule has 0 aromatic carbocycles. The maximum absolute atomic E-state index is 10.3. The van der Waals surface area contributed by atoms with Crippen molar-refractivity contribution in [2.45, 2.75) is 19.3 Å². The van der Waals surface area contributed by atoms with Gasteiger partial charge in [0.2, 0.25) is 0 Å². The number of hydrogen-bond acceptors (Lipinski definition) is 3. The molecule has 1 unspecified atom stereocenters. The second kappa shape index (κ2) is 5.11. The molecule has 1 aromatic rings. The van der Waals surface area contributed by atoms with Crippen LogP contribution in [0.1, 0.15) is 25.0 Å². The molecule has 0 aliphatic rings. The van der Waals surface area contributed by atoms with Crippen LogP contribution < -0.4 is 0 Å². The Labute approximate surface area is 80.9 Å². The van der Waals surface area contributed by atoms with Gasteiger partial charge in [0.05, 0.1) is 17.6 Å². The zero-order valence-electron chi connectivity index (χ0n) is 6.56. The van der Waals surface area contributed by atoms with Crippen molar-refractivity contribution in [3.63, 3.8) is 0 Å². The molecule has 0 radical (unpaired) electrons. The number of hydrogen-bond donors (Lipinski definition) is 1. The fourth-order valence-corrected chi connectivity index (χ4v) is 1.51. The molecule has 3 nitrogen and oxygen atoms in total. The largest absolute Gasteiger partial charge is 0.481 e. The van der Waals surface area contributed by atoms with Gasteiger partial charge in [-0.3, -0.25) is 4.79 Å². The first-order valence-corrected chi connectivity index (χ1v) is 4.24. The van der Waals surface area contributed by atoms with Gasteiger partial charge >= 0.3 is 5.97 Å². The lowest BCUT2D eigenvalue weighted by Gasteiger charge is -2.02. The highest BCUT2D eigenvalue weighted by atomic mass is 35.5. The van der Waals surface area contributed by atoms with Gasteiger partial charge in [-0.2, -0.15) is 0 Å². The predicted molar refractivity (Wildman–Crippen MR) is 50.0 cm³/mol. The first-order valence-electron chi connectivity index (χ1n) is 3.30. The Morgan fingerprint density at radius 3 is 2.92 bits per heavy atom. The lowest BCUT2D eigenvalue weighted by molar-refractivity contribution is -0.137. The average molecular weight is 208 g/mol. The number of carboxylic acids is 1. The van der Waals surface area contributed by atoms with E-state index in [2.05, 4.69) is 4.98 Å². The van der Waals surface area contributed by atoms with Crippen molar-refractivity contribution in [1.82, 2.24) is 4.98 Å². The van der Waals surface area contributed by atoms with Crippen molar-refractivity contribution < 1.29 is 9.90 Å². The van der Waals surface area contributed by atoms with Crippen LogP contribution >= 0.6 is 23.7 Å². The monoisotopic (exact) mass is 207 g/mol. The van der Waals surface area contributed by atoms with E-state index < -0.39 is 5.97 Å². The molecular weight excluding hydrogens is 198 g/mol. The quantitative estimate of drug-likeness (QED) is 0.826. The number of aromatic nitrogens is 1. The van der Waals surface area contributed by atoms with Gasteiger partial charge in [0.25, 0.3) is 0 Å². The molecule has 12 heavy (non-hydrogen) atoms. The van der Waals surface area contributed by atoms with Crippen molar-refractivity contribution in [2.24, 2.45) is 0 Å². The smallest absolute Gasteiger partial charge is 0.304 e. The van der Waals surface area contributed by atoms with E-state index in [0.717, 1.165) is 5.69 Å². The van der Waals surface area contributed by atoms with E-state index >= 15 is 0 Å². The zero-order valence-corrected chi connectivity index (χ0v) is 8.19. The van der Waals surface area contributed by atoms with Crippen LogP contribution in [0.15, 0.2) is 10.9 Å². The standard InChI is InChI=1S/C7H9NO2S.ClH/c1-5(2-7(9)10)6-3-11-4-8-6;/h3-5H,2H2,1H3,(H,9,10);1H. The van der Waals surface area contributed by atoms with E-state index in [1.54, 1.807) is 5.51 Å². The summed E-state index contributed by atoms with van der Waals surface area (Å²) in [6, 6.07) is 0. The molecule has 1 aromatic heterocycles. The Morgan fingerprint density at radius 1 is 1.83 bits per heavy atom. The molecular formula is C7H10ClNO2S. The molecule has 0 saturated heterocycles. The molecule has 0 amide bonds. The van der Waals surface area contributed by atoms with Crippen LogP contribution in [0.5, 0.6) is 0 Å². The van der Waals surface area contributed by atoms with E-state index in [1.165, 1.54) is 11.3 Å². The van der Waals surface area contributed by atoms with Crippen LogP contribution in [0.25, 0.3) is 0 Å². The van der Waals surface area contributed by atoms with E-state index in [1.807, 2.05) is 12.3 Å². The van der Waals surface area contributed by atoms with Gasteiger partial charge in [0.1, 0.15) is 0 Å². The van der Waals surface area contributed by atoms with Gasteiger partial charge in [-0.15, -0.1) is 23.7 Å². The number of carbonyl (C=O) groups is 1. The zero-order chi connectivity index (χ0) is 8.27. The number of aliphatic carboxylic acids is 1. The number of carboxylic acid groups (broad SMARTS) is 1. The van der Waals surface area contributed by atoms with Crippen LogP contribution in [0, 0.1) is 0 Å². The molecule has 1 N–H and O–H groups in total. The third kappa shape index (κ3) is 3.19. The summed E-state index contributed by atoms with van der Waals surface area (Å²) in [5.41, 5.74) is 2.59. The summed E-state index contributed by atoms with van der Waals surface area (Å²) in [6.45, 7) is 1.86. The first-order chi connectivity index (χ1) is 5.20. The fourth-order valence-electron chi connectivity index (χ4n) is 0.832. The number of rotatable bonds is 3. The molecule has 0 fully saturated rings. The van der Waals surface area contributed by atoms with Crippen LogP contribution in [-0.2, 0) is 4.79 Å². The van der Waals surface area contributed by atoms with Crippen molar-refractivity contribution in [3.05, 3.63) is 16.6 Å². The Morgan fingerprint density at radius 2 is 2.50 bits per heavy atom. The fraction of sp³-hybridized carbons (Fsp3) is 0.429. The second-order valence-corrected chi connectivity index (χ2v) is 3.13. The third-order valence-electron chi connectivity index (χ3n) is 1.44. The topological polar surface area (TPSA) is 50.2 Å². The molecule has 0 aliphatic heterocycles. The van der Waals surface area contributed by atoms with Crippen molar-refractivity contribution >= 4 is 29.7 Å². The van der Waals surface area contributed by atoms with E-state index in [9.17, 15) is 4.79 Å². The van der Waals surface area contributed by atoms with Crippen LogP contribution in [-0.4, -0.2) is 16.1 Å². The summed E-state index contributed by atoms with van der Waals surface area (Å²) in [4.78, 5) is 14.3. The summed E-state index contributed by atoms with van der Waals surface area (Å²) in [5.74, 6) is -0.746. The number of halogens is 1. The van der Waals surface area contributed by atoms with Gasteiger partial charge in [-0.1, -0.05) is 6.92 Å². The Hall–Kier alpha value is -0.610. The summed E-state index contributed by atoms with van der Waals surface area (Å²) in [6.07, 6.45) is 0.156. The molecule has 1 heterocycles.